The van der Waals surface area contributed by atoms with E-state index < -0.39 is 6.04 Å². The van der Waals surface area contributed by atoms with Gasteiger partial charge in [0.05, 0.1) is 6.04 Å². The summed E-state index contributed by atoms with van der Waals surface area (Å²) in [7, 11) is 0. The van der Waals surface area contributed by atoms with Gasteiger partial charge in [-0.3, -0.25) is 4.79 Å². The summed E-state index contributed by atoms with van der Waals surface area (Å²) in [6.07, 6.45) is 8.11. The molecule has 20 heavy (non-hydrogen) atoms. The maximum atomic E-state index is 12.0. The van der Waals surface area contributed by atoms with Gasteiger partial charge in [0.25, 0.3) is 0 Å². The average Bonchev–Trinajstić information content (AvgIpc) is 2.48. The maximum absolute atomic E-state index is 12.0. The van der Waals surface area contributed by atoms with E-state index in [4.69, 9.17) is 5.73 Å². The van der Waals surface area contributed by atoms with Crippen molar-refractivity contribution < 1.29 is 9.90 Å². The van der Waals surface area contributed by atoms with Crippen molar-refractivity contribution in [1.82, 2.24) is 5.32 Å². The molecule has 0 heterocycles. The first-order valence-electron chi connectivity index (χ1n) is 7.11. The van der Waals surface area contributed by atoms with Crippen LogP contribution in [-0.4, -0.2) is 23.6 Å². The van der Waals surface area contributed by atoms with Crippen LogP contribution in [0.1, 0.15) is 24.8 Å². The molecule has 0 spiro atoms. The van der Waals surface area contributed by atoms with Crippen LogP contribution in [-0.2, 0) is 11.2 Å². The summed E-state index contributed by atoms with van der Waals surface area (Å²) in [5.41, 5.74) is 6.86. The quantitative estimate of drug-likeness (QED) is 0.716. The number of hydrogen-bond donors (Lipinski definition) is 3. The lowest BCUT2D eigenvalue weighted by molar-refractivity contribution is -0.122. The lowest BCUT2D eigenvalue weighted by Crippen LogP contribution is -2.43. The summed E-state index contributed by atoms with van der Waals surface area (Å²) < 4.78 is 0. The molecule has 4 heteroatoms. The fourth-order valence-electron chi connectivity index (χ4n) is 2.40. The molecule has 1 aliphatic carbocycles. The summed E-state index contributed by atoms with van der Waals surface area (Å²) in [6.45, 7) is 0.701. The normalized spacial score (nSPS) is 19.6. The summed E-state index contributed by atoms with van der Waals surface area (Å²) in [4.78, 5) is 12.0. The van der Waals surface area contributed by atoms with Crippen molar-refractivity contribution in [3.05, 3.63) is 42.0 Å². The summed E-state index contributed by atoms with van der Waals surface area (Å²) in [5, 5.41) is 12.1. The van der Waals surface area contributed by atoms with Crippen LogP contribution in [0.25, 0.3) is 0 Å². The first kappa shape index (κ1) is 14.6. The van der Waals surface area contributed by atoms with E-state index in [-0.39, 0.29) is 11.7 Å². The molecule has 2 atom stereocenters. The van der Waals surface area contributed by atoms with Gasteiger partial charge in [-0.05, 0) is 49.3 Å². The highest BCUT2D eigenvalue weighted by Gasteiger charge is 2.16. The number of carbonyl (C=O) groups is 1. The van der Waals surface area contributed by atoms with E-state index in [0.717, 1.165) is 24.8 Å². The molecule has 108 valence electrons. The molecule has 4 N–H and O–H groups in total. The molecule has 0 aliphatic heterocycles. The van der Waals surface area contributed by atoms with E-state index in [1.807, 2.05) is 0 Å². The van der Waals surface area contributed by atoms with Gasteiger partial charge in [0.2, 0.25) is 5.91 Å². The van der Waals surface area contributed by atoms with Crippen molar-refractivity contribution in [1.29, 1.82) is 0 Å². The Hall–Kier alpha value is -1.81. The highest BCUT2D eigenvalue weighted by atomic mass is 16.3. The Morgan fingerprint density at radius 3 is 2.75 bits per heavy atom. The van der Waals surface area contributed by atoms with Crippen LogP contribution in [0.15, 0.2) is 36.4 Å². The number of phenolic OH excluding ortho intramolecular Hbond substituents is 1. The van der Waals surface area contributed by atoms with Gasteiger partial charge in [0.1, 0.15) is 5.75 Å². The topological polar surface area (TPSA) is 75.3 Å². The number of benzene rings is 1. The lowest BCUT2D eigenvalue weighted by atomic mass is 9.94. The highest BCUT2D eigenvalue weighted by Crippen LogP contribution is 2.17. The van der Waals surface area contributed by atoms with Gasteiger partial charge in [-0.2, -0.15) is 0 Å². The minimum atomic E-state index is -0.543. The molecule has 0 aromatic heterocycles. The van der Waals surface area contributed by atoms with Crippen LogP contribution in [0, 0.1) is 5.92 Å². The van der Waals surface area contributed by atoms with Gasteiger partial charge in [0, 0.05) is 6.54 Å². The minimum absolute atomic E-state index is 0.104. The van der Waals surface area contributed by atoms with Crippen molar-refractivity contribution in [2.45, 2.75) is 31.7 Å². The average molecular weight is 274 g/mol. The molecule has 0 bridgehead atoms. The smallest absolute Gasteiger partial charge is 0.237 e. The highest BCUT2D eigenvalue weighted by molar-refractivity contribution is 5.81. The molecule has 0 radical (unpaired) electrons. The molecule has 0 saturated heterocycles. The molecule has 2 rings (SSSR count). The van der Waals surface area contributed by atoms with Crippen LogP contribution >= 0.6 is 0 Å². The van der Waals surface area contributed by atoms with Crippen molar-refractivity contribution >= 4 is 5.91 Å². The van der Waals surface area contributed by atoms with Crippen molar-refractivity contribution in [3.8, 4) is 5.75 Å². The number of phenols is 1. The van der Waals surface area contributed by atoms with E-state index in [0.29, 0.717) is 18.9 Å². The molecule has 1 aliphatic rings. The first-order valence-corrected chi connectivity index (χ1v) is 7.11. The molecule has 0 fully saturated rings. The van der Waals surface area contributed by atoms with Gasteiger partial charge < -0.3 is 16.2 Å². The largest absolute Gasteiger partial charge is 0.508 e. The van der Waals surface area contributed by atoms with Crippen molar-refractivity contribution in [2.24, 2.45) is 11.7 Å². The number of rotatable bonds is 5. The Kier molecular flexibility index (Phi) is 5.18. The predicted molar refractivity (Wildman–Crippen MR) is 79.3 cm³/mol. The third-order valence-corrected chi connectivity index (χ3v) is 3.67. The number of amides is 1. The molecule has 1 aromatic carbocycles. The molecular weight excluding hydrogens is 252 g/mol. The maximum Gasteiger partial charge on any atom is 0.237 e. The Bertz CT molecular complexity index is 468. The zero-order chi connectivity index (χ0) is 14.4. The number of nitrogens with two attached hydrogens (primary N) is 1. The standard InChI is InChI=1S/C16H22N2O2/c17-15(10-12-6-8-14(19)9-7-12)16(20)18-11-13-4-2-1-3-5-13/h1-2,6-9,13,15,19H,3-5,10-11,17H2,(H,18,20)/t13?,15-/m1/s1. The fourth-order valence-corrected chi connectivity index (χ4v) is 2.40. The third kappa shape index (κ3) is 4.38. The molecule has 1 unspecified atom stereocenters. The molecular formula is C16H22N2O2. The molecule has 0 saturated carbocycles. The summed E-state index contributed by atoms with van der Waals surface area (Å²) in [5.74, 6) is 0.648. The van der Waals surface area contributed by atoms with Gasteiger partial charge in [0.15, 0.2) is 0 Å². The van der Waals surface area contributed by atoms with Crippen LogP contribution in [0.2, 0.25) is 0 Å². The van der Waals surface area contributed by atoms with Gasteiger partial charge >= 0.3 is 0 Å². The Morgan fingerprint density at radius 1 is 1.35 bits per heavy atom. The van der Waals surface area contributed by atoms with Crippen LogP contribution < -0.4 is 11.1 Å². The number of hydrogen-bond acceptors (Lipinski definition) is 3. The number of aromatic hydroxyl groups is 1. The Balaban J connectivity index is 1.76. The van der Waals surface area contributed by atoms with Gasteiger partial charge in [-0.25, -0.2) is 0 Å². The number of carbonyl (C=O) groups excluding carboxylic acids is 1. The van der Waals surface area contributed by atoms with E-state index in [1.54, 1.807) is 24.3 Å². The second-order valence-corrected chi connectivity index (χ2v) is 5.37. The van der Waals surface area contributed by atoms with Crippen LogP contribution in [0.4, 0.5) is 0 Å². The predicted octanol–water partition coefficient (Wildman–Crippen LogP) is 1.73. The second-order valence-electron chi connectivity index (χ2n) is 5.37. The second kappa shape index (κ2) is 7.10. The summed E-state index contributed by atoms with van der Waals surface area (Å²) >= 11 is 0. The van der Waals surface area contributed by atoms with E-state index >= 15 is 0 Å². The van der Waals surface area contributed by atoms with E-state index in [9.17, 15) is 9.90 Å². The molecule has 1 aromatic rings. The summed E-state index contributed by atoms with van der Waals surface area (Å²) in [6, 6.07) is 6.24. The SMILES string of the molecule is N[C@H](Cc1ccc(O)cc1)C(=O)NCC1CC=CCC1. The first-order chi connectivity index (χ1) is 9.65. The van der Waals surface area contributed by atoms with Crippen LogP contribution in [0.3, 0.4) is 0 Å². The van der Waals surface area contributed by atoms with Crippen LogP contribution in [0.5, 0.6) is 5.75 Å². The van der Waals surface area contributed by atoms with Crippen molar-refractivity contribution in [3.63, 3.8) is 0 Å². The minimum Gasteiger partial charge on any atom is -0.508 e. The monoisotopic (exact) mass is 274 g/mol. The fraction of sp³-hybridized carbons (Fsp3) is 0.438. The Labute approximate surface area is 119 Å². The number of allylic oxidation sites excluding steroid dienone is 2. The molecule has 4 nitrogen and oxygen atoms in total. The zero-order valence-corrected chi connectivity index (χ0v) is 11.6. The third-order valence-electron chi connectivity index (χ3n) is 3.67. The zero-order valence-electron chi connectivity index (χ0n) is 11.6. The number of nitrogens with one attached hydrogen (secondary N) is 1. The molecule has 1 amide bonds. The van der Waals surface area contributed by atoms with Crippen molar-refractivity contribution in [2.75, 3.05) is 6.54 Å². The van der Waals surface area contributed by atoms with Gasteiger partial charge in [-0.1, -0.05) is 24.3 Å². The van der Waals surface area contributed by atoms with E-state index in [1.165, 1.54) is 0 Å². The Morgan fingerprint density at radius 2 is 2.10 bits per heavy atom. The van der Waals surface area contributed by atoms with Gasteiger partial charge in [-0.15, -0.1) is 0 Å². The van der Waals surface area contributed by atoms with E-state index in [2.05, 4.69) is 17.5 Å². The lowest BCUT2D eigenvalue weighted by Gasteiger charge is -2.19.